The fourth-order valence-corrected chi connectivity index (χ4v) is 3.98. The van der Waals surface area contributed by atoms with E-state index in [0.29, 0.717) is 12.5 Å². The number of guanidine groups is 1. The van der Waals surface area contributed by atoms with Crippen LogP contribution in [0.3, 0.4) is 0 Å². The molecule has 1 saturated heterocycles. The molecule has 8 heteroatoms. The minimum Gasteiger partial charge on any atom is -0.381 e. The Labute approximate surface area is 169 Å². The highest BCUT2D eigenvalue weighted by Crippen LogP contribution is 2.18. The summed E-state index contributed by atoms with van der Waals surface area (Å²) in [5.74, 6) is 1.43. The lowest BCUT2D eigenvalue weighted by Gasteiger charge is -2.26. The van der Waals surface area contributed by atoms with Crippen LogP contribution in [-0.2, 0) is 21.3 Å². The van der Waals surface area contributed by atoms with Crippen molar-refractivity contribution in [3.05, 3.63) is 35.9 Å². The third kappa shape index (κ3) is 8.58. The number of nitrogens with one attached hydrogen (secondary N) is 2. The van der Waals surface area contributed by atoms with E-state index in [-0.39, 0.29) is 12.3 Å². The van der Waals surface area contributed by atoms with Crippen molar-refractivity contribution in [1.29, 1.82) is 0 Å². The maximum absolute atomic E-state index is 12.2. The van der Waals surface area contributed by atoms with Crippen molar-refractivity contribution in [3.63, 3.8) is 0 Å². The minimum absolute atomic E-state index is 0.0253. The second-order valence-electron chi connectivity index (χ2n) is 7.13. The van der Waals surface area contributed by atoms with Crippen molar-refractivity contribution in [1.82, 2.24) is 14.9 Å². The number of rotatable bonds is 10. The van der Waals surface area contributed by atoms with Gasteiger partial charge in [-0.1, -0.05) is 30.3 Å². The van der Waals surface area contributed by atoms with Gasteiger partial charge in [-0.3, -0.25) is 4.99 Å². The topological polar surface area (TPSA) is 83.0 Å². The van der Waals surface area contributed by atoms with Gasteiger partial charge in [0.1, 0.15) is 0 Å². The summed E-state index contributed by atoms with van der Waals surface area (Å²) in [4.78, 5) is 6.59. The molecule has 2 N–H and O–H groups in total. The first-order valence-electron chi connectivity index (χ1n) is 10.1. The molecule has 1 aliphatic heterocycles. The summed E-state index contributed by atoms with van der Waals surface area (Å²) in [5.41, 5.74) is 0.941. The summed E-state index contributed by atoms with van der Waals surface area (Å²) in [6.07, 6.45) is 3.33. The Morgan fingerprint density at radius 2 is 1.96 bits per heavy atom. The highest BCUT2D eigenvalue weighted by Gasteiger charge is 2.16. The molecule has 2 rings (SSSR count). The molecule has 158 valence electrons. The Kier molecular flexibility index (Phi) is 9.73. The summed E-state index contributed by atoms with van der Waals surface area (Å²) in [5, 5.41) is 3.25. The number of hydrogen-bond acceptors (Lipinski definition) is 4. The Morgan fingerprint density at radius 1 is 1.25 bits per heavy atom. The average Bonchev–Trinajstić information content (AvgIpc) is 2.71. The van der Waals surface area contributed by atoms with Crippen molar-refractivity contribution in [3.8, 4) is 0 Å². The highest BCUT2D eigenvalue weighted by atomic mass is 32.2. The Bertz CT molecular complexity index is 689. The monoisotopic (exact) mass is 410 g/mol. The van der Waals surface area contributed by atoms with Crippen LogP contribution in [0.1, 0.15) is 31.7 Å². The lowest BCUT2D eigenvalue weighted by Crippen LogP contribution is -2.40. The Hall–Kier alpha value is -1.64. The molecule has 0 saturated carbocycles. The second kappa shape index (κ2) is 12.0. The van der Waals surface area contributed by atoms with E-state index in [4.69, 9.17) is 4.74 Å². The molecule has 1 aromatic carbocycles. The standard InChI is InChI=1S/C20H34N4O3S/c1-3-21-20(24(2)13-9-18-10-14-27-15-11-18)22-12-16-28(25,26)23-17-19-7-5-4-6-8-19/h4-8,18,23H,3,9-17H2,1-2H3,(H,21,22). The predicted octanol–water partition coefficient (Wildman–Crippen LogP) is 1.82. The van der Waals surface area contributed by atoms with Crippen molar-refractivity contribution in [2.45, 2.75) is 32.7 Å². The molecule has 1 aliphatic rings. The first kappa shape index (κ1) is 22.6. The van der Waals surface area contributed by atoms with E-state index in [1.807, 2.05) is 44.3 Å². The van der Waals surface area contributed by atoms with Crippen molar-refractivity contribution >= 4 is 16.0 Å². The van der Waals surface area contributed by atoms with E-state index in [1.165, 1.54) is 0 Å². The third-order valence-corrected chi connectivity index (χ3v) is 6.17. The number of sulfonamides is 1. The van der Waals surface area contributed by atoms with E-state index >= 15 is 0 Å². The largest absolute Gasteiger partial charge is 0.381 e. The van der Waals surface area contributed by atoms with Gasteiger partial charge in [-0.25, -0.2) is 13.1 Å². The second-order valence-corrected chi connectivity index (χ2v) is 9.05. The summed E-state index contributed by atoms with van der Waals surface area (Å²) < 4.78 is 32.5. The summed E-state index contributed by atoms with van der Waals surface area (Å²) in [6, 6.07) is 9.50. The van der Waals surface area contributed by atoms with Gasteiger partial charge in [-0.05, 0) is 37.7 Å². The molecule has 0 unspecified atom stereocenters. The van der Waals surface area contributed by atoms with Crippen LogP contribution in [0.2, 0.25) is 0 Å². The lowest BCUT2D eigenvalue weighted by molar-refractivity contribution is 0.0625. The van der Waals surface area contributed by atoms with E-state index in [0.717, 1.165) is 57.1 Å². The number of aliphatic imine (C=N–C) groups is 1. The van der Waals surface area contributed by atoms with Gasteiger partial charge in [0.05, 0.1) is 12.3 Å². The van der Waals surface area contributed by atoms with Crippen LogP contribution in [-0.4, -0.2) is 64.9 Å². The Morgan fingerprint density at radius 3 is 2.64 bits per heavy atom. The molecule has 0 bridgehead atoms. The molecule has 1 heterocycles. The summed E-state index contributed by atoms with van der Waals surface area (Å²) >= 11 is 0. The molecular weight excluding hydrogens is 376 g/mol. The van der Waals surface area contributed by atoms with Crippen LogP contribution in [0.5, 0.6) is 0 Å². The number of hydrogen-bond donors (Lipinski definition) is 2. The first-order chi connectivity index (χ1) is 13.5. The number of nitrogens with zero attached hydrogens (tertiary/aromatic N) is 2. The van der Waals surface area contributed by atoms with Crippen molar-refractivity contribution < 1.29 is 13.2 Å². The third-order valence-electron chi connectivity index (χ3n) is 4.87. The van der Waals surface area contributed by atoms with Crippen molar-refractivity contribution in [2.75, 3.05) is 45.6 Å². The quantitative estimate of drug-likeness (QED) is 0.454. The van der Waals surface area contributed by atoms with Crippen LogP contribution in [0.15, 0.2) is 35.3 Å². The molecular formula is C20H34N4O3S. The van der Waals surface area contributed by atoms with Crippen LogP contribution in [0.25, 0.3) is 0 Å². The summed E-state index contributed by atoms with van der Waals surface area (Å²) in [6.45, 7) is 5.91. The molecule has 0 spiro atoms. The molecule has 0 atom stereocenters. The van der Waals surface area contributed by atoms with Crippen molar-refractivity contribution in [2.24, 2.45) is 10.9 Å². The predicted molar refractivity (Wildman–Crippen MR) is 114 cm³/mol. The molecule has 1 fully saturated rings. The maximum atomic E-state index is 12.2. The first-order valence-corrected chi connectivity index (χ1v) is 11.7. The zero-order valence-corrected chi connectivity index (χ0v) is 17.9. The molecule has 28 heavy (non-hydrogen) atoms. The molecule has 0 aromatic heterocycles. The molecule has 1 aromatic rings. The van der Waals surface area contributed by atoms with E-state index < -0.39 is 10.0 Å². The van der Waals surface area contributed by atoms with Gasteiger partial charge < -0.3 is 15.0 Å². The van der Waals surface area contributed by atoms with Gasteiger partial charge in [0.25, 0.3) is 0 Å². The van der Waals surface area contributed by atoms with E-state index in [2.05, 4.69) is 19.9 Å². The SMILES string of the molecule is CCNC(=NCCS(=O)(=O)NCc1ccccc1)N(C)CCC1CCOCC1. The van der Waals surface area contributed by atoms with Crippen LogP contribution in [0, 0.1) is 5.92 Å². The highest BCUT2D eigenvalue weighted by molar-refractivity contribution is 7.89. The van der Waals surface area contributed by atoms with Gasteiger partial charge in [0.2, 0.25) is 10.0 Å². The number of benzene rings is 1. The normalized spacial score (nSPS) is 16.1. The van der Waals surface area contributed by atoms with Gasteiger partial charge in [-0.15, -0.1) is 0 Å². The number of ether oxygens (including phenoxy) is 1. The minimum atomic E-state index is -3.36. The van der Waals surface area contributed by atoms with Gasteiger partial charge in [-0.2, -0.15) is 0 Å². The average molecular weight is 411 g/mol. The van der Waals surface area contributed by atoms with Gasteiger partial charge in [0.15, 0.2) is 5.96 Å². The molecule has 0 radical (unpaired) electrons. The van der Waals surface area contributed by atoms with E-state index in [9.17, 15) is 8.42 Å². The van der Waals surface area contributed by atoms with Gasteiger partial charge >= 0.3 is 0 Å². The zero-order chi connectivity index (χ0) is 20.2. The van der Waals surface area contributed by atoms with Crippen LogP contribution in [0.4, 0.5) is 0 Å². The van der Waals surface area contributed by atoms with E-state index in [1.54, 1.807) is 0 Å². The molecule has 0 aliphatic carbocycles. The fourth-order valence-electron chi connectivity index (χ4n) is 3.12. The van der Waals surface area contributed by atoms with Crippen LogP contribution < -0.4 is 10.0 Å². The fraction of sp³-hybridized carbons (Fsp3) is 0.650. The van der Waals surface area contributed by atoms with Crippen LogP contribution >= 0.6 is 0 Å². The van der Waals surface area contributed by atoms with Gasteiger partial charge in [0, 0.05) is 39.9 Å². The smallest absolute Gasteiger partial charge is 0.213 e. The summed E-state index contributed by atoms with van der Waals surface area (Å²) in [7, 11) is -1.36. The molecule has 7 nitrogen and oxygen atoms in total. The Balaban J connectivity index is 1.79. The molecule has 0 amide bonds. The zero-order valence-electron chi connectivity index (χ0n) is 17.1. The lowest BCUT2D eigenvalue weighted by atomic mass is 9.96. The maximum Gasteiger partial charge on any atom is 0.213 e.